The Labute approximate surface area is 150 Å². The van der Waals surface area contributed by atoms with Gasteiger partial charge in [-0.25, -0.2) is 13.1 Å². The van der Waals surface area contributed by atoms with Crippen LogP contribution in [0.4, 0.5) is 0 Å². The molecule has 1 atom stereocenters. The van der Waals surface area contributed by atoms with E-state index in [2.05, 4.69) is 21.4 Å². The third kappa shape index (κ3) is 5.48. The number of hydrogen-bond donors (Lipinski definition) is 1. The van der Waals surface area contributed by atoms with Crippen molar-refractivity contribution in [1.29, 1.82) is 0 Å². The van der Waals surface area contributed by atoms with Crippen LogP contribution in [-0.4, -0.2) is 50.5 Å². The quantitative estimate of drug-likeness (QED) is 0.839. The molecule has 0 amide bonds. The minimum Gasteiger partial charge on any atom is -0.300 e. The Balaban J connectivity index is 1.48. The van der Waals surface area contributed by atoms with Crippen molar-refractivity contribution < 1.29 is 8.42 Å². The average molecular weight is 369 g/mol. The molecule has 0 radical (unpaired) electrons. The number of rotatable bonds is 6. The molecular formula is C18H28N2O2S2. The lowest BCUT2D eigenvalue weighted by molar-refractivity contribution is 0.118. The molecule has 0 bridgehead atoms. The molecule has 1 aromatic rings. The van der Waals surface area contributed by atoms with Crippen molar-refractivity contribution in [2.75, 3.05) is 31.1 Å². The Morgan fingerprint density at radius 3 is 2.62 bits per heavy atom. The van der Waals surface area contributed by atoms with Gasteiger partial charge in [0, 0.05) is 19.1 Å². The molecule has 24 heavy (non-hydrogen) atoms. The van der Waals surface area contributed by atoms with Gasteiger partial charge in [-0.2, -0.15) is 11.8 Å². The van der Waals surface area contributed by atoms with Gasteiger partial charge in [-0.05, 0) is 55.2 Å². The number of sulfonamides is 1. The van der Waals surface area contributed by atoms with Crippen LogP contribution < -0.4 is 4.72 Å². The Morgan fingerprint density at radius 1 is 1.12 bits per heavy atom. The van der Waals surface area contributed by atoms with Crippen LogP contribution in [0.2, 0.25) is 0 Å². The van der Waals surface area contributed by atoms with E-state index in [1.54, 1.807) is 0 Å². The molecule has 0 saturated carbocycles. The molecule has 4 nitrogen and oxygen atoms in total. The number of nitrogens with zero attached hydrogens (tertiary/aromatic N) is 1. The monoisotopic (exact) mass is 368 g/mol. The minimum atomic E-state index is -3.25. The molecule has 3 rings (SSSR count). The van der Waals surface area contributed by atoms with Crippen LogP contribution in [0.15, 0.2) is 30.3 Å². The normalized spacial score (nSPS) is 24.1. The van der Waals surface area contributed by atoms with E-state index >= 15 is 0 Å². The molecule has 1 aromatic carbocycles. The van der Waals surface area contributed by atoms with E-state index in [0.29, 0.717) is 12.5 Å². The summed E-state index contributed by atoms with van der Waals surface area (Å²) < 4.78 is 27.4. The number of thioether (sulfide) groups is 1. The summed E-state index contributed by atoms with van der Waals surface area (Å²) >= 11 is 2.06. The van der Waals surface area contributed by atoms with Crippen LogP contribution >= 0.6 is 11.8 Å². The first-order chi connectivity index (χ1) is 11.6. The maximum Gasteiger partial charge on any atom is 0.215 e. The van der Waals surface area contributed by atoms with Crippen LogP contribution in [0.5, 0.6) is 0 Å². The molecule has 0 spiro atoms. The number of hydrogen-bond acceptors (Lipinski definition) is 4. The van der Waals surface area contributed by atoms with Gasteiger partial charge in [0.2, 0.25) is 10.0 Å². The summed E-state index contributed by atoms with van der Waals surface area (Å²) in [5.74, 6) is 3.06. The van der Waals surface area contributed by atoms with Crippen LogP contribution in [0.25, 0.3) is 0 Å². The molecule has 6 heteroatoms. The number of likely N-dealkylation sites (tertiary alicyclic amines) is 1. The van der Waals surface area contributed by atoms with Crippen molar-refractivity contribution in [3.63, 3.8) is 0 Å². The van der Waals surface area contributed by atoms with E-state index < -0.39 is 10.0 Å². The first-order valence-electron chi connectivity index (χ1n) is 8.95. The fraction of sp³-hybridized carbons (Fsp3) is 0.667. The Morgan fingerprint density at radius 2 is 1.88 bits per heavy atom. The largest absolute Gasteiger partial charge is 0.300 e. The predicted octanol–water partition coefficient (Wildman–Crippen LogP) is 2.71. The summed E-state index contributed by atoms with van der Waals surface area (Å²) in [5, 5.41) is 0. The zero-order valence-electron chi connectivity index (χ0n) is 14.2. The highest BCUT2D eigenvalue weighted by atomic mass is 32.2. The SMILES string of the molecule is O=S(=O)(Cc1ccccc1)NC[C@@H]1CCCN(C2CCSCC2)C1. The van der Waals surface area contributed by atoms with Gasteiger partial charge in [0.15, 0.2) is 0 Å². The summed E-state index contributed by atoms with van der Waals surface area (Å²) in [4.78, 5) is 2.61. The second-order valence-corrected chi connectivity index (χ2v) is 9.97. The van der Waals surface area contributed by atoms with Gasteiger partial charge in [-0.3, -0.25) is 0 Å². The van der Waals surface area contributed by atoms with Crippen molar-refractivity contribution in [3.8, 4) is 0 Å². The van der Waals surface area contributed by atoms with Crippen molar-refractivity contribution in [2.24, 2.45) is 5.92 Å². The smallest absolute Gasteiger partial charge is 0.215 e. The first kappa shape index (κ1) is 18.2. The van der Waals surface area contributed by atoms with Gasteiger partial charge in [0.1, 0.15) is 0 Å². The minimum absolute atomic E-state index is 0.0735. The second kappa shape index (κ2) is 8.70. The molecule has 2 aliphatic heterocycles. The van der Waals surface area contributed by atoms with Crippen molar-refractivity contribution in [1.82, 2.24) is 9.62 Å². The van der Waals surface area contributed by atoms with E-state index in [1.165, 1.54) is 37.3 Å². The molecule has 0 unspecified atom stereocenters. The lowest BCUT2D eigenvalue weighted by Crippen LogP contribution is -2.46. The van der Waals surface area contributed by atoms with E-state index in [4.69, 9.17) is 0 Å². The van der Waals surface area contributed by atoms with Gasteiger partial charge in [0.05, 0.1) is 5.75 Å². The van der Waals surface area contributed by atoms with E-state index in [1.807, 2.05) is 30.3 Å². The Bertz CT molecular complexity index is 601. The Kier molecular flexibility index (Phi) is 6.61. The standard InChI is InChI=1S/C18H28N2O2S2/c21-24(22,15-16-5-2-1-3-6-16)19-13-17-7-4-10-20(14-17)18-8-11-23-12-9-18/h1-3,5-6,17-19H,4,7-15H2/t17-/m0/s1. The molecular weight excluding hydrogens is 340 g/mol. The van der Waals surface area contributed by atoms with Crippen LogP contribution in [-0.2, 0) is 15.8 Å². The number of benzene rings is 1. The first-order valence-corrected chi connectivity index (χ1v) is 11.8. The maximum atomic E-state index is 12.3. The lowest BCUT2D eigenvalue weighted by Gasteiger charge is -2.39. The highest BCUT2D eigenvalue weighted by Gasteiger charge is 2.27. The van der Waals surface area contributed by atoms with Crippen molar-refractivity contribution in [3.05, 3.63) is 35.9 Å². The molecule has 0 aromatic heterocycles. The highest BCUT2D eigenvalue weighted by Crippen LogP contribution is 2.26. The third-order valence-corrected chi connectivity index (χ3v) is 7.42. The van der Waals surface area contributed by atoms with Crippen LogP contribution in [0.3, 0.4) is 0 Å². The molecule has 1 N–H and O–H groups in total. The van der Waals surface area contributed by atoms with E-state index in [-0.39, 0.29) is 5.75 Å². The lowest BCUT2D eigenvalue weighted by atomic mass is 9.95. The maximum absolute atomic E-state index is 12.3. The molecule has 2 saturated heterocycles. The number of nitrogens with one attached hydrogen (secondary N) is 1. The third-order valence-electron chi connectivity index (χ3n) is 5.05. The van der Waals surface area contributed by atoms with Gasteiger partial charge in [-0.1, -0.05) is 30.3 Å². The number of piperidine rings is 1. The van der Waals surface area contributed by atoms with E-state index in [9.17, 15) is 8.42 Å². The average Bonchev–Trinajstić information content (AvgIpc) is 2.62. The van der Waals surface area contributed by atoms with Crippen LogP contribution in [0, 0.1) is 5.92 Å². The second-order valence-electron chi connectivity index (χ2n) is 6.94. The van der Waals surface area contributed by atoms with Crippen molar-refractivity contribution >= 4 is 21.8 Å². The van der Waals surface area contributed by atoms with E-state index in [0.717, 1.165) is 24.6 Å². The fourth-order valence-electron chi connectivity index (χ4n) is 3.74. The summed E-state index contributed by atoms with van der Waals surface area (Å²) in [7, 11) is -3.25. The van der Waals surface area contributed by atoms with Gasteiger partial charge in [0.25, 0.3) is 0 Å². The Hall–Kier alpha value is -0.560. The molecule has 134 valence electrons. The summed E-state index contributed by atoms with van der Waals surface area (Å²) in [6, 6.07) is 10.1. The van der Waals surface area contributed by atoms with Gasteiger partial charge >= 0.3 is 0 Å². The van der Waals surface area contributed by atoms with Gasteiger partial charge < -0.3 is 4.90 Å². The zero-order chi connectivity index (χ0) is 16.8. The van der Waals surface area contributed by atoms with Gasteiger partial charge in [-0.15, -0.1) is 0 Å². The molecule has 0 aliphatic carbocycles. The predicted molar refractivity (Wildman–Crippen MR) is 102 cm³/mol. The molecule has 2 fully saturated rings. The zero-order valence-corrected chi connectivity index (χ0v) is 15.8. The van der Waals surface area contributed by atoms with Crippen LogP contribution in [0.1, 0.15) is 31.2 Å². The van der Waals surface area contributed by atoms with Crippen molar-refractivity contribution in [2.45, 2.75) is 37.5 Å². The topological polar surface area (TPSA) is 49.4 Å². The summed E-state index contributed by atoms with van der Waals surface area (Å²) in [6.45, 7) is 2.80. The highest BCUT2D eigenvalue weighted by molar-refractivity contribution is 7.99. The molecule has 2 aliphatic rings. The fourth-order valence-corrected chi connectivity index (χ4v) is 6.04. The molecule has 2 heterocycles. The summed E-state index contributed by atoms with van der Waals surface area (Å²) in [6.07, 6.45) is 4.90. The summed E-state index contributed by atoms with van der Waals surface area (Å²) in [5.41, 5.74) is 0.843.